The van der Waals surface area contributed by atoms with E-state index in [0.717, 1.165) is 17.8 Å². The van der Waals surface area contributed by atoms with Gasteiger partial charge in [-0.2, -0.15) is 0 Å². The van der Waals surface area contributed by atoms with Crippen LogP contribution >= 0.6 is 0 Å². The summed E-state index contributed by atoms with van der Waals surface area (Å²) in [6, 6.07) is 4.04. The van der Waals surface area contributed by atoms with Gasteiger partial charge >= 0.3 is 0 Å². The SMILES string of the molecule is CCc1nc2cc(C(C)(C)C)cc(N)c2o1. The van der Waals surface area contributed by atoms with Crippen molar-refractivity contribution in [2.75, 3.05) is 5.73 Å². The molecule has 3 nitrogen and oxygen atoms in total. The number of benzene rings is 1. The molecule has 0 radical (unpaired) electrons. The second kappa shape index (κ2) is 3.51. The van der Waals surface area contributed by atoms with Gasteiger partial charge in [-0.3, -0.25) is 0 Å². The van der Waals surface area contributed by atoms with Gasteiger partial charge < -0.3 is 10.2 Å². The van der Waals surface area contributed by atoms with Crippen molar-refractivity contribution < 1.29 is 4.42 Å². The number of aryl methyl sites for hydroxylation is 1. The van der Waals surface area contributed by atoms with E-state index in [0.29, 0.717) is 11.3 Å². The number of hydrogen-bond donors (Lipinski definition) is 1. The fourth-order valence-corrected chi connectivity index (χ4v) is 1.69. The average molecular weight is 218 g/mol. The molecule has 0 amide bonds. The summed E-state index contributed by atoms with van der Waals surface area (Å²) in [6.07, 6.45) is 0.791. The minimum atomic E-state index is 0.0770. The van der Waals surface area contributed by atoms with Crippen LogP contribution in [-0.4, -0.2) is 4.98 Å². The highest BCUT2D eigenvalue weighted by atomic mass is 16.3. The third-order valence-electron chi connectivity index (χ3n) is 2.73. The largest absolute Gasteiger partial charge is 0.439 e. The number of nitrogens with zero attached hydrogens (tertiary/aromatic N) is 1. The van der Waals surface area contributed by atoms with E-state index in [9.17, 15) is 0 Å². The van der Waals surface area contributed by atoms with Crippen molar-refractivity contribution in [2.45, 2.75) is 39.5 Å². The van der Waals surface area contributed by atoms with Gasteiger partial charge in [0.1, 0.15) is 5.52 Å². The number of nitrogens with two attached hydrogens (primary N) is 1. The summed E-state index contributed by atoms with van der Waals surface area (Å²) < 4.78 is 5.58. The third kappa shape index (κ3) is 1.77. The molecule has 1 aromatic heterocycles. The molecule has 0 spiro atoms. The minimum Gasteiger partial charge on any atom is -0.439 e. The molecule has 0 unspecified atom stereocenters. The molecule has 0 atom stereocenters. The summed E-state index contributed by atoms with van der Waals surface area (Å²) in [5, 5.41) is 0. The maximum atomic E-state index is 5.99. The van der Waals surface area contributed by atoms with E-state index in [1.807, 2.05) is 13.0 Å². The molecule has 0 aliphatic carbocycles. The van der Waals surface area contributed by atoms with Crippen LogP contribution in [0.15, 0.2) is 16.5 Å². The van der Waals surface area contributed by atoms with Crippen LogP contribution in [-0.2, 0) is 11.8 Å². The fourth-order valence-electron chi connectivity index (χ4n) is 1.69. The fraction of sp³-hybridized carbons (Fsp3) is 0.462. The monoisotopic (exact) mass is 218 g/mol. The van der Waals surface area contributed by atoms with Crippen molar-refractivity contribution in [3.63, 3.8) is 0 Å². The molecule has 1 aromatic carbocycles. The van der Waals surface area contributed by atoms with Gasteiger partial charge in [0.05, 0.1) is 5.69 Å². The van der Waals surface area contributed by atoms with Gasteiger partial charge in [-0.1, -0.05) is 27.7 Å². The van der Waals surface area contributed by atoms with Crippen molar-refractivity contribution in [1.29, 1.82) is 0 Å². The molecule has 1 heterocycles. The lowest BCUT2D eigenvalue weighted by Crippen LogP contribution is -2.11. The Labute approximate surface area is 95.7 Å². The van der Waals surface area contributed by atoms with E-state index < -0.39 is 0 Å². The molecule has 0 aliphatic heterocycles. The molecule has 2 aromatic rings. The van der Waals surface area contributed by atoms with Crippen LogP contribution in [0.3, 0.4) is 0 Å². The predicted molar refractivity (Wildman–Crippen MR) is 66.5 cm³/mol. The van der Waals surface area contributed by atoms with E-state index in [-0.39, 0.29) is 5.41 Å². The van der Waals surface area contributed by atoms with E-state index in [2.05, 4.69) is 31.8 Å². The van der Waals surface area contributed by atoms with Gasteiger partial charge in [-0.05, 0) is 23.1 Å². The Morgan fingerprint density at radius 3 is 2.56 bits per heavy atom. The van der Waals surface area contributed by atoms with Gasteiger partial charge in [-0.15, -0.1) is 0 Å². The van der Waals surface area contributed by atoms with Crippen molar-refractivity contribution in [3.05, 3.63) is 23.6 Å². The molecule has 0 fully saturated rings. The summed E-state index contributed by atoms with van der Waals surface area (Å²) in [5.74, 6) is 0.743. The molecule has 2 N–H and O–H groups in total. The number of hydrogen-bond acceptors (Lipinski definition) is 3. The Balaban J connectivity index is 2.67. The molecule has 0 saturated heterocycles. The molecular formula is C13H18N2O. The van der Waals surface area contributed by atoms with E-state index in [1.54, 1.807) is 0 Å². The maximum absolute atomic E-state index is 5.99. The van der Waals surface area contributed by atoms with Crippen molar-refractivity contribution in [1.82, 2.24) is 4.98 Å². The van der Waals surface area contributed by atoms with E-state index >= 15 is 0 Å². The number of rotatable bonds is 1. The summed E-state index contributed by atoms with van der Waals surface area (Å²) in [5.41, 5.74) is 9.50. The molecule has 86 valence electrons. The Hall–Kier alpha value is -1.51. The van der Waals surface area contributed by atoms with E-state index in [1.165, 1.54) is 5.56 Å². The van der Waals surface area contributed by atoms with E-state index in [4.69, 9.17) is 10.2 Å². The second-order valence-electron chi connectivity index (χ2n) is 5.12. The Morgan fingerprint density at radius 1 is 1.31 bits per heavy atom. The number of oxazole rings is 1. The first-order chi connectivity index (χ1) is 7.41. The third-order valence-corrected chi connectivity index (χ3v) is 2.73. The normalized spacial score (nSPS) is 12.2. The Morgan fingerprint density at radius 2 is 2.00 bits per heavy atom. The number of fused-ring (bicyclic) bond motifs is 1. The van der Waals surface area contributed by atoms with Crippen LogP contribution in [0.25, 0.3) is 11.1 Å². The first-order valence-electron chi connectivity index (χ1n) is 5.61. The number of aromatic nitrogens is 1. The highest BCUT2D eigenvalue weighted by Crippen LogP contribution is 2.30. The molecule has 3 heteroatoms. The van der Waals surface area contributed by atoms with Gasteiger partial charge in [0, 0.05) is 6.42 Å². The van der Waals surface area contributed by atoms with Gasteiger partial charge in [0.2, 0.25) is 0 Å². The van der Waals surface area contributed by atoms with Crippen LogP contribution in [0.2, 0.25) is 0 Å². The van der Waals surface area contributed by atoms with Crippen molar-refractivity contribution in [3.8, 4) is 0 Å². The lowest BCUT2D eigenvalue weighted by molar-refractivity contribution is 0.538. The van der Waals surface area contributed by atoms with Crippen LogP contribution < -0.4 is 5.73 Å². The standard InChI is InChI=1S/C13H18N2O/c1-5-11-15-10-7-8(13(2,3)4)6-9(14)12(10)16-11/h6-7H,5,14H2,1-4H3. The number of anilines is 1. The average Bonchev–Trinajstić information content (AvgIpc) is 2.59. The minimum absolute atomic E-state index is 0.0770. The zero-order valence-corrected chi connectivity index (χ0v) is 10.3. The Bertz CT molecular complexity index is 520. The smallest absolute Gasteiger partial charge is 0.195 e. The number of nitrogen functional groups attached to an aromatic ring is 1. The Kier molecular flexibility index (Phi) is 2.41. The molecular weight excluding hydrogens is 200 g/mol. The molecule has 0 aliphatic rings. The van der Waals surface area contributed by atoms with Gasteiger partial charge in [0.25, 0.3) is 0 Å². The van der Waals surface area contributed by atoms with Crippen LogP contribution in [0.5, 0.6) is 0 Å². The summed E-state index contributed by atoms with van der Waals surface area (Å²) in [4.78, 5) is 4.42. The lowest BCUT2D eigenvalue weighted by atomic mass is 9.86. The lowest BCUT2D eigenvalue weighted by Gasteiger charge is -2.19. The summed E-state index contributed by atoms with van der Waals surface area (Å²) in [6.45, 7) is 8.50. The highest BCUT2D eigenvalue weighted by molar-refractivity contribution is 5.86. The predicted octanol–water partition coefficient (Wildman–Crippen LogP) is 3.27. The zero-order valence-electron chi connectivity index (χ0n) is 10.3. The molecule has 2 rings (SSSR count). The van der Waals surface area contributed by atoms with Crippen LogP contribution in [0.4, 0.5) is 5.69 Å². The summed E-state index contributed by atoms with van der Waals surface area (Å²) >= 11 is 0. The quantitative estimate of drug-likeness (QED) is 0.747. The van der Waals surface area contributed by atoms with Crippen molar-refractivity contribution >= 4 is 16.8 Å². The maximum Gasteiger partial charge on any atom is 0.195 e. The van der Waals surface area contributed by atoms with Gasteiger partial charge in [0.15, 0.2) is 11.5 Å². The zero-order chi connectivity index (χ0) is 11.9. The molecule has 0 bridgehead atoms. The summed E-state index contributed by atoms with van der Waals surface area (Å²) in [7, 11) is 0. The first-order valence-corrected chi connectivity index (χ1v) is 5.61. The highest BCUT2D eigenvalue weighted by Gasteiger charge is 2.17. The molecule has 0 saturated carbocycles. The second-order valence-corrected chi connectivity index (χ2v) is 5.12. The topological polar surface area (TPSA) is 52.0 Å². The van der Waals surface area contributed by atoms with Crippen molar-refractivity contribution in [2.24, 2.45) is 0 Å². The van der Waals surface area contributed by atoms with Gasteiger partial charge in [-0.25, -0.2) is 4.98 Å². The van der Waals surface area contributed by atoms with Crippen LogP contribution in [0, 0.1) is 0 Å². The molecule has 16 heavy (non-hydrogen) atoms. The van der Waals surface area contributed by atoms with Crippen LogP contribution in [0.1, 0.15) is 39.1 Å². The first kappa shape index (κ1) is 11.0.